The number of rotatable bonds is 5. The molecule has 0 radical (unpaired) electrons. The average Bonchev–Trinajstić information content (AvgIpc) is 3.45. The Morgan fingerprint density at radius 2 is 2.24 bits per heavy atom. The SMILES string of the molecule is CN(Cc1ccccn1)C(=O)[C@@H]1CO[C@@H]2CCN(CC3CC3)C[C@@H]2C1. The van der Waals surface area contributed by atoms with Crippen LogP contribution in [0.3, 0.4) is 0 Å². The Bertz CT molecular complexity index is 590. The molecule has 4 rings (SSSR count). The van der Waals surface area contributed by atoms with E-state index in [-0.39, 0.29) is 11.8 Å². The molecule has 2 aliphatic heterocycles. The first-order valence-electron chi connectivity index (χ1n) is 9.68. The summed E-state index contributed by atoms with van der Waals surface area (Å²) in [6.07, 6.45) is 7.04. The molecule has 0 N–H and O–H groups in total. The van der Waals surface area contributed by atoms with Gasteiger partial charge < -0.3 is 14.5 Å². The second-order valence-electron chi connectivity index (χ2n) is 8.07. The first-order chi connectivity index (χ1) is 12.2. The summed E-state index contributed by atoms with van der Waals surface area (Å²) < 4.78 is 6.10. The van der Waals surface area contributed by atoms with E-state index in [0.717, 1.165) is 37.5 Å². The van der Waals surface area contributed by atoms with E-state index in [1.807, 2.05) is 30.1 Å². The molecule has 5 heteroatoms. The van der Waals surface area contributed by atoms with Crippen molar-refractivity contribution in [3.63, 3.8) is 0 Å². The van der Waals surface area contributed by atoms with Gasteiger partial charge in [0.05, 0.1) is 30.9 Å². The highest BCUT2D eigenvalue weighted by Gasteiger charge is 2.39. The summed E-state index contributed by atoms with van der Waals surface area (Å²) in [6.45, 7) is 4.67. The maximum atomic E-state index is 12.9. The van der Waals surface area contributed by atoms with Crippen molar-refractivity contribution >= 4 is 5.91 Å². The van der Waals surface area contributed by atoms with Crippen LogP contribution in [0.5, 0.6) is 0 Å². The van der Waals surface area contributed by atoms with E-state index in [2.05, 4.69) is 9.88 Å². The van der Waals surface area contributed by atoms with Crippen LogP contribution in [0.2, 0.25) is 0 Å². The summed E-state index contributed by atoms with van der Waals surface area (Å²) in [5.74, 6) is 1.64. The highest BCUT2D eigenvalue weighted by atomic mass is 16.5. The van der Waals surface area contributed by atoms with Gasteiger partial charge >= 0.3 is 0 Å². The van der Waals surface area contributed by atoms with Gasteiger partial charge in [0, 0.05) is 32.9 Å². The van der Waals surface area contributed by atoms with Crippen molar-refractivity contribution in [2.24, 2.45) is 17.8 Å². The van der Waals surface area contributed by atoms with Gasteiger partial charge in [-0.1, -0.05) is 6.07 Å². The van der Waals surface area contributed by atoms with Crippen LogP contribution in [0.1, 0.15) is 31.4 Å². The third-order valence-electron chi connectivity index (χ3n) is 5.91. The van der Waals surface area contributed by atoms with Crippen LogP contribution in [-0.4, -0.2) is 60.1 Å². The van der Waals surface area contributed by atoms with Gasteiger partial charge in [0.2, 0.25) is 5.91 Å². The second-order valence-corrected chi connectivity index (χ2v) is 8.07. The highest BCUT2D eigenvalue weighted by Crippen LogP contribution is 2.35. The zero-order chi connectivity index (χ0) is 17.2. The topological polar surface area (TPSA) is 45.7 Å². The zero-order valence-electron chi connectivity index (χ0n) is 15.1. The fourth-order valence-corrected chi connectivity index (χ4v) is 4.33. The Labute approximate surface area is 150 Å². The predicted molar refractivity (Wildman–Crippen MR) is 95.8 cm³/mol. The van der Waals surface area contributed by atoms with Crippen molar-refractivity contribution in [1.29, 1.82) is 0 Å². The average molecular weight is 343 g/mol. The molecule has 136 valence electrons. The van der Waals surface area contributed by atoms with Gasteiger partial charge in [-0.3, -0.25) is 9.78 Å². The molecule has 1 aromatic heterocycles. The molecule has 2 saturated heterocycles. The van der Waals surface area contributed by atoms with Crippen LogP contribution >= 0.6 is 0 Å². The molecule has 0 unspecified atom stereocenters. The first-order valence-corrected chi connectivity index (χ1v) is 9.68. The Balaban J connectivity index is 1.32. The molecule has 5 nitrogen and oxygen atoms in total. The molecule has 3 aliphatic rings. The molecular formula is C20H29N3O2. The van der Waals surface area contributed by atoms with Gasteiger partial charge in [0.25, 0.3) is 0 Å². The molecule has 0 aromatic carbocycles. The normalized spacial score (nSPS) is 29.9. The molecule has 3 atom stereocenters. The number of ether oxygens (including phenoxy) is 1. The monoisotopic (exact) mass is 343 g/mol. The predicted octanol–water partition coefficient (Wildman–Crippen LogP) is 2.18. The fourth-order valence-electron chi connectivity index (χ4n) is 4.33. The third kappa shape index (κ3) is 4.21. The Morgan fingerprint density at radius 1 is 1.36 bits per heavy atom. The van der Waals surface area contributed by atoms with Crippen molar-refractivity contribution < 1.29 is 9.53 Å². The van der Waals surface area contributed by atoms with E-state index in [4.69, 9.17) is 4.74 Å². The highest BCUT2D eigenvalue weighted by molar-refractivity contribution is 5.78. The van der Waals surface area contributed by atoms with Crippen LogP contribution in [0, 0.1) is 17.8 Å². The maximum absolute atomic E-state index is 12.9. The fraction of sp³-hybridized carbons (Fsp3) is 0.700. The number of piperidine rings is 1. The quantitative estimate of drug-likeness (QED) is 0.822. The number of hydrogen-bond donors (Lipinski definition) is 0. The number of pyridine rings is 1. The number of carbonyl (C=O) groups is 1. The zero-order valence-corrected chi connectivity index (χ0v) is 15.1. The number of aromatic nitrogens is 1. The Kier molecular flexibility index (Phi) is 5.04. The summed E-state index contributed by atoms with van der Waals surface area (Å²) in [6, 6.07) is 5.83. The largest absolute Gasteiger partial charge is 0.377 e. The van der Waals surface area contributed by atoms with Crippen molar-refractivity contribution in [1.82, 2.24) is 14.8 Å². The van der Waals surface area contributed by atoms with Gasteiger partial charge in [0.1, 0.15) is 0 Å². The lowest BCUT2D eigenvalue weighted by molar-refractivity contribution is -0.148. The molecule has 1 aromatic rings. The lowest BCUT2D eigenvalue weighted by atomic mass is 9.83. The number of amides is 1. The van der Waals surface area contributed by atoms with Crippen LogP contribution in [0.4, 0.5) is 0 Å². The molecule has 1 amide bonds. The molecule has 3 heterocycles. The third-order valence-corrected chi connectivity index (χ3v) is 5.91. The second kappa shape index (κ2) is 7.42. The molecule has 0 bridgehead atoms. The number of likely N-dealkylation sites (tertiary alicyclic amines) is 1. The number of hydrogen-bond acceptors (Lipinski definition) is 4. The minimum Gasteiger partial charge on any atom is -0.377 e. The van der Waals surface area contributed by atoms with E-state index in [9.17, 15) is 4.79 Å². The van der Waals surface area contributed by atoms with Gasteiger partial charge in [-0.05, 0) is 49.7 Å². The van der Waals surface area contributed by atoms with Crippen LogP contribution in [0.15, 0.2) is 24.4 Å². The van der Waals surface area contributed by atoms with E-state index >= 15 is 0 Å². The Hall–Kier alpha value is -1.46. The molecule has 1 saturated carbocycles. The smallest absolute Gasteiger partial charge is 0.228 e. The van der Waals surface area contributed by atoms with Gasteiger partial charge in [-0.15, -0.1) is 0 Å². The Morgan fingerprint density at radius 3 is 3.00 bits per heavy atom. The van der Waals surface area contributed by atoms with Crippen LogP contribution < -0.4 is 0 Å². The number of carbonyl (C=O) groups excluding carboxylic acids is 1. The summed E-state index contributed by atoms with van der Waals surface area (Å²) in [5.41, 5.74) is 0.932. The summed E-state index contributed by atoms with van der Waals surface area (Å²) in [7, 11) is 1.88. The van der Waals surface area contributed by atoms with Gasteiger partial charge in [-0.2, -0.15) is 0 Å². The van der Waals surface area contributed by atoms with Gasteiger partial charge in [-0.25, -0.2) is 0 Å². The molecule has 25 heavy (non-hydrogen) atoms. The van der Waals surface area contributed by atoms with E-state index in [1.54, 1.807) is 6.20 Å². The molecule has 0 spiro atoms. The number of fused-ring (bicyclic) bond motifs is 1. The summed E-state index contributed by atoms with van der Waals surface area (Å²) in [5, 5.41) is 0. The first kappa shape index (κ1) is 17.0. The standard InChI is InChI=1S/C20H29N3O2/c1-22(13-18-4-2-3-8-21-18)20(24)17-10-16-12-23(11-15-5-6-15)9-7-19(16)25-14-17/h2-4,8,15-17,19H,5-7,9-14H2,1H3/t16-,17-,19+/m0/s1. The van der Waals surface area contributed by atoms with Crippen molar-refractivity contribution in [3.05, 3.63) is 30.1 Å². The summed E-state index contributed by atoms with van der Waals surface area (Å²) >= 11 is 0. The van der Waals surface area contributed by atoms with Crippen molar-refractivity contribution in [2.75, 3.05) is 33.3 Å². The van der Waals surface area contributed by atoms with Crippen LogP contribution in [-0.2, 0) is 16.1 Å². The molecule has 1 aliphatic carbocycles. The lowest BCUT2D eigenvalue weighted by Gasteiger charge is -2.43. The molecular weight excluding hydrogens is 314 g/mol. The lowest BCUT2D eigenvalue weighted by Crippen LogP contribution is -2.50. The summed E-state index contributed by atoms with van der Waals surface area (Å²) in [4.78, 5) is 21.6. The maximum Gasteiger partial charge on any atom is 0.228 e. The van der Waals surface area contributed by atoms with Crippen LogP contribution in [0.25, 0.3) is 0 Å². The minimum atomic E-state index is -0.00385. The van der Waals surface area contributed by atoms with E-state index in [1.165, 1.54) is 19.4 Å². The van der Waals surface area contributed by atoms with Gasteiger partial charge in [0.15, 0.2) is 0 Å². The molecule has 3 fully saturated rings. The minimum absolute atomic E-state index is 0.00385. The van der Waals surface area contributed by atoms with Crippen molar-refractivity contribution in [3.8, 4) is 0 Å². The number of nitrogens with zero attached hydrogens (tertiary/aromatic N) is 3. The van der Waals surface area contributed by atoms with E-state index in [0.29, 0.717) is 25.2 Å². The van der Waals surface area contributed by atoms with Crippen molar-refractivity contribution in [2.45, 2.75) is 38.3 Å². The van der Waals surface area contributed by atoms with E-state index < -0.39 is 0 Å².